The lowest BCUT2D eigenvalue weighted by atomic mass is 9.65. The molecule has 0 saturated carbocycles. The highest BCUT2D eigenvalue weighted by Crippen LogP contribution is 2.49. The average molecular weight is 356 g/mol. The minimum absolute atomic E-state index is 0.0449. The topological polar surface area (TPSA) is 17.8 Å². The van der Waals surface area contributed by atoms with Crippen LogP contribution in [-0.4, -0.2) is 9.78 Å². The molecule has 134 valence electrons. The van der Waals surface area contributed by atoms with Gasteiger partial charge in [0.15, 0.2) is 0 Å². The number of benzene rings is 2. The molecular weight excluding hydrogens is 335 g/mol. The first-order valence-corrected chi connectivity index (χ1v) is 9.53. The summed E-state index contributed by atoms with van der Waals surface area (Å²) < 4.78 is 15.2. The number of hydrogen-bond acceptors (Lipinski definition) is 1. The zero-order valence-corrected chi connectivity index (χ0v) is 15.1. The molecule has 2 aliphatic carbocycles. The molecule has 2 nitrogen and oxygen atoms in total. The Bertz CT molecular complexity index is 1030. The summed E-state index contributed by atoms with van der Waals surface area (Å²) in [6, 6.07) is 17.2. The normalized spacial score (nSPS) is 21.1. The minimum Gasteiger partial charge on any atom is -0.233 e. The van der Waals surface area contributed by atoms with Gasteiger partial charge in [-0.15, -0.1) is 0 Å². The van der Waals surface area contributed by atoms with Crippen LogP contribution in [0.4, 0.5) is 4.39 Å². The van der Waals surface area contributed by atoms with Gasteiger partial charge < -0.3 is 0 Å². The van der Waals surface area contributed by atoms with Crippen LogP contribution < -0.4 is 0 Å². The van der Waals surface area contributed by atoms with Gasteiger partial charge in [0.05, 0.1) is 17.6 Å². The van der Waals surface area contributed by atoms with E-state index in [1.54, 1.807) is 12.1 Å². The monoisotopic (exact) mass is 356 g/mol. The van der Waals surface area contributed by atoms with Crippen molar-refractivity contribution in [1.29, 1.82) is 0 Å². The van der Waals surface area contributed by atoms with Gasteiger partial charge >= 0.3 is 0 Å². The second-order valence-corrected chi connectivity index (χ2v) is 7.49. The predicted octanol–water partition coefficient (Wildman–Crippen LogP) is 5.83. The highest BCUT2D eigenvalue weighted by atomic mass is 19.1. The van der Waals surface area contributed by atoms with Gasteiger partial charge in [0.25, 0.3) is 0 Å². The molecular formula is C24H21FN2. The molecule has 2 aromatic carbocycles. The summed E-state index contributed by atoms with van der Waals surface area (Å²) in [5, 5.41) is 4.60. The summed E-state index contributed by atoms with van der Waals surface area (Å²) in [4.78, 5) is 0. The van der Waals surface area contributed by atoms with Crippen molar-refractivity contribution in [1.82, 2.24) is 9.78 Å². The molecule has 0 radical (unpaired) electrons. The number of rotatable bonds is 2. The van der Waals surface area contributed by atoms with E-state index < -0.39 is 0 Å². The summed E-state index contributed by atoms with van der Waals surface area (Å²) in [6.07, 6.45) is 13.4. The fraction of sp³-hybridized carbons (Fsp3) is 0.208. The molecule has 0 saturated heterocycles. The van der Waals surface area contributed by atoms with Gasteiger partial charge in [0, 0.05) is 5.41 Å². The Kier molecular flexibility index (Phi) is 3.82. The van der Waals surface area contributed by atoms with Crippen LogP contribution in [0.1, 0.15) is 36.1 Å². The summed E-state index contributed by atoms with van der Waals surface area (Å²) in [6.45, 7) is 0. The van der Waals surface area contributed by atoms with E-state index in [1.165, 1.54) is 35.3 Å². The van der Waals surface area contributed by atoms with E-state index in [0.29, 0.717) is 0 Å². The lowest BCUT2D eigenvalue weighted by Crippen LogP contribution is -2.28. The third kappa shape index (κ3) is 2.74. The van der Waals surface area contributed by atoms with Crippen molar-refractivity contribution in [3.05, 3.63) is 95.6 Å². The van der Waals surface area contributed by atoms with Crippen molar-refractivity contribution < 1.29 is 4.39 Å². The highest BCUT2D eigenvalue weighted by Gasteiger charge is 2.37. The number of nitrogens with zero attached hydrogens (tertiary/aromatic N) is 2. The molecule has 3 heteroatoms. The Morgan fingerprint density at radius 3 is 2.63 bits per heavy atom. The van der Waals surface area contributed by atoms with Crippen LogP contribution in [0, 0.1) is 11.2 Å². The fourth-order valence-corrected chi connectivity index (χ4v) is 4.51. The van der Waals surface area contributed by atoms with Crippen LogP contribution in [0.3, 0.4) is 0 Å². The van der Waals surface area contributed by atoms with Crippen LogP contribution in [0.25, 0.3) is 17.3 Å². The van der Waals surface area contributed by atoms with E-state index in [0.717, 1.165) is 30.6 Å². The van der Waals surface area contributed by atoms with E-state index in [9.17, 15) is 4.39 Å². The van der Waals surface area contributed by atoms with Gasteiger partial charge in [0.2, 0.25) is 0 Å². The van der Waals surface area contributed by atoms with Crippen LogP contribution in [0.2, 0.25) is 0 Å². The maximum Gasteiger partial charge on any atom is 0.123 e. The van der Waals surface area contributed by atoms with Crippen molar-refractivity contribution in [2.45, 2.75) is 25.7 Å². The van der Waals surface area contributed by atoms with Crippen molar-refractivity contribution in [2.75, 3.05) is 0 Å². The Labute approximate surface area is 158 Å². The zero-order chi connectivity index (χ0) is 18.3. The smallest absolute Gasteiger partial charge is 0.123 e. The lowest BCUT2D eigenvalue weighted by Gasteiger charge is -2.39. The summed E-state index contributed by atoms with van der Waals surface area (Å²) in [5.74, 6) is -0.228. The number of halogens is 1. The molecule has 1 atom stereocenters. The molecule has 2 aliphatic rings. The van der Waals surface area contributed by atoms with Gasteiger partial charge in [-0.05, 0) is 72.7 Å². The Morgan fingerprint density at radius 2 is 1.81 bits per heavy atom. The molecule has 27 heavy (non-hydrogen) atoms. The second kappa shape index (κ2) is 6.34. The Balaban J connectivity index is 1.55. The van der Waals surface area contributed by atoms with Gasteiger partial charge in [-0.25, -0.2) is 9.07 Å². The summed E-state index contributed by atoms with van der Waals surface area (Å²) >= 11 is 0. The molecule has 1 aromatic heterocycles. The first-order chi connectivity index (χ1) is 13.3. The van der Waals surface area contributed by atoms with Crippen LogP contribution in [0.15, 0.2) is 72.9 Å². The standard InChI is InChI=1S/C24H21FN2/c25-20-9-11-21(12-10-20)27-23-13-15-24(16-19(23)17-26-27)14-5-4-8-22(24)18-6-2-1-3-7-18/h1-3,6-13,15,17H,4-5,14,16H2/t24-/m1/s1. The fourth-order valence-electron chi connectivity index (χ4n) is 4.51. The van der Waals surface area contributed by atoms with Crippen LogP contribution in [0.5, 0.6) is 0 Å². The van der Waals surface area contributed by atoms with E-state index in [4.69, 9.17) is 0 Å². The first kappa shape index (κ1) is 16.2. The molecule has 0 bridgehead atoms. The van der Waals surface area contributed by atoms with Gasteiger partial charge in [-0.3, -0.25) is 0 Å². The average Bonchev–Trinajstić information content (AvgIpc) is 3.12. The molecule has 0 amide bonds. The van der Waals surface area contributed by atoms with Crippen molar-refractivity contribution >= 4 is 11.6 Å². The minimum atomic E-state index is -0.228. The molecule has 1 spiro atoms. The Hall–Kier alpha value is -2.94. The zero-order valence-electron chi connectivity index (χ0n) is 15.1. The maximum atomic E-state index is 13.3. The largest absolute Gasteiger partial charge is 0.233 e. The third-order valence-electron chi connectivity index (χ3n) is 5.82. The lowest BCUT2D eigenvalue weighted by molar-refractivity contribution is 0.431. The van der Waals surface area contributed by atoms with Crippen molar-refractivity contribution in [3.63, 3.8) is 0 Å². The van der Waals surface area contributed by atoms with Crippen molar-refractivity contribution in [2.24, 2.45) is 5.41 Å². The van der Waals surface area contributed by atoms with Crippen molar-refractivity contribution in [3.8, 4) is 5.69 Å². The van der Waals surface area contributed by atoms with E-state index in [2.05, 4.69) is 53.7 Å². The maximum absolute atomic E-state index is 13.3. The molecule has 1 heterocycles. The van der Waals surface area contributed by atoms with E-state index >= 15 is 0 Å². The molecule has 0 aliphatic heterocycles. The third-order valence-corrected chi connectivity index (χ3v) is 5.82. The van der Waals surface area contributed by atoms with Gasteiger partial charge in [0.1, 0.15) is 5.82 Å². The highest BCUT2D eigenvalue weighted by molar-refractivity contribution is 5.76. The quantitative estimate of drug-likeness (QED) is 0.564. The predicted molar refractivity (Wildman–Crippen MR) is 107 cm³/mol. The van der Waals surface area contributed by atoms with Gasteiger partial charge in [-0.2, -0.15) is 5.10 Å². The molecule has 5 rings (SSSR count). The van der Waals surface area contributed by atoms with Crippen LogP contribution in [-0.2, 0) is 6.42 Å². The van der Waals surface area contributed by atoms with Crippen LogP contribution >= 0.6 is 0 Å². The number of aromatic nitrogens is 2. The second-order valence-electron chi connectivity index (χ2n) is 7.49. The molecule has 0 fully saturated rings. The molecule has 0 N–H and O–H groups in total. The number of hydrogen-bond donors (Lipinski definition) is 0. The van der Waals surface area contributed by atoms with E-state index in [-0.39, 0.29) is 11.2 Å². The van der Waals surface area contributed by atoms with Gasteiger partial charge in [-0.1, -0.05) is 42.5 Å². The molecule has 0 unspecified atom stereocenters. The molecule has 3 aromatic rings. The number of fused-ring (bicyclic) bond motifs is 1. The summed E-state index contributed by atoms with van der Waals surface area (Å²) in [5.41, 5.74) is 6.04. The Morgan fingerprint density at radius 1 is 1.00 bits per heavy atom. The first-order valence-electron chi connectivity index (χ1n) is 9.53. The van der Waals surface area contributed by atoms with E-state index in [1.807, 2.05) is 10.9 Å². The SMILES string of the molecule is Fc1ccc(-n2ncc3c2C=C[C@]2(CCCC=C2c2ccccc2)C3)cc1. The summed E-state index contributed by atoms with van der Waals surface area (Å²) in [7, 11) is 0. The number of allylic oxidation sites excluding steroid dienone is 3.